The van der Waals surface area contributed by atoms with Gasteiger partial charge in [0, 0.05) is 29.3 Å². The zero-order chi connectivity index (χ0) is 17.2. The van der Waals surface area contributed by atoms with Crippen LogP contribution in [0.4, 0.5) is 0 Å². The molecule has 0 saturated carbocycles. The smallest absolute Gasteiger partial charge is 0.222 e. The third-order valence-electron chi connectivity index (χ3n) is 4.49. The molecule has 0 N–H and O–H groups in total. The molecule has 1 unspecified atom stereocenters. The molecule has 0 bridgehead atoms. The highest BCUT2D eigenvalue weighted by atomic mass is 32.2. The summed E-state index contributed by atoms with van der Waals surface area (Å²) in [5, 5.41) is 3.48. The van der Waals surface area contributed by atoms with Crippen molar-refractivity contribution in [1.29, 1.82) is 0 Å². The van der Waals surface area contributed by atoms with Gasteiger partial charge in [-0.25, -0.2) is 8.42 Å². The molecule has 3 heterocycles. The van der Waals surface area contributed by atoms with Crippen LogP contribution in [-0.4, -0.2) is 38.1 Å². The summed E-state index contributed by atoms with van der Waals surface area (Å²) < 4.78 is 25.1. The van der Waals surface area contributed by atoms with E-state index in [1.54, 1.807) is 16.2 Å². The van der Waals surface area contributed by atoms with Gasteiger partial charge >= 0.3 is 0 Å². The number of thiophene rings is 2. The van der Waals surface area contributed by atoms with E-state index in [2.05, 4.69) is 13.0 Å². The zero-order valence-electron chi connectivity index (χ0n) is 13.6. The third-order valence-corrected chi connectivity index (χ3v) is 8.81. The van der Waals surface area contributed by atoms with E-state index in [9.17, 15) is 13.2 Å². The molecule has 0 aliphatic carbocycles. The minimum absolute atomic E-state index is 0.0549. The van der Waals surface area contributed by atoms with Crippen LogP contribution in [0.15, 0.2) is 29.0 Å². The molecular formula is C17H21NO3S3. The standard InChI is InChI=1S/C17H21NO3S3/c1-13-7-11-23-14(13)4-5-17(19)18-8-6-16(15-3-2-10-22-15)24(20,21)12-9-18/h2-3,7,10-11,16H,4-6,8-9,12H2,1H3. The van der Waals surface area contributed by atoms with Crippen molar-refractivity contribution in [1.82, 2.24) is 4.90 Å². The maximum atomic E-state index is 12.5. The molecule has 1 saturated heterocycles. The fraction of sp³-hybridized carbons (Fsp3) is 0.471. The Kier molecular flexibility index (Phi) is 5.42. The molecule has 0 aromatic carbocycles. The third kappa shape index (κ3) is 3.90. The second-order valence-corrected chi connectivity index (χ2v) is 10.4. The van der Waals surface area contributed by atoms with Crippen molar-refractivity contribution in [3.8, 4) is 0 Å². The van der Waals surface area contributed by atoms with Gasteiger partial charge in [-0.3, -0.25) is 4.79 Å². The predicted octanol–water partition coefficient (Wildman–Crippen LogP) is 3.44. The van der Waals surface area contributed by atoms with Crippen molar-refractivity contribution in [2.24, 2.45) is 0 Å². The Balaban J connectivity index is 1.64. The summed E-state index contributed by atoms with van der Waals surface area (Å²) in [5.41, 5.74) is 1.23. The van der Waals surface area contributed by atoms with Crippen LogP contribution in [0.5, 0.6) is 0 Å². The first-order chi connectivity index (χ1) is 11.5. The molecule has 7 heteroatoms. The molecule has 1 aliphatic heterocycles. The van der Waals surface area contributed by atoms with Crippen LogP contribution < -0.4 is 0 Å². The topological polar surface area (TPSA) is 54.5 Å². The van der Waals surface area contributed by atoms with Crippen LogP contribution in [0, 0.1) is 6.92 Å². The van der Waals surface area contributed by atoms with Gasteiger partial charge in [0.1, 0.15) is 0 Å². The number of sulfone groups is 1. The number of carbonyl (C=O) groups excluding carboxylic acids is 1. The largest absolute Gasteiger partial charge is 0.342 e. The first-order valence-corrected chi connectivity index (χ1v) is 11.5. The summed E-state index contributed by atoms with van der Waals surface area (Å²) in [6.45, 7) is 2.89. The Morgan fingerprint density at radius 3 is 2.75 bits per heavy atom. The van der Waals surface area contributed by atoms with Gasteiger partial charge in [0.15, 0.2) is 9.84 Å². The van der Waals surface area contributed by atoms with Gasteiger partial charge in [-0.1, -0.05) is 6.07 Å². The van der Waals surface area contributed by atoms with Gasteiger partial charge in [0.2, 0.25) is 5.91 Å². The van der Waals surface area contributed by atoms with E-state index in [4.69, 9.17) is 0 Å². The highest BCUT2D eigenvalue weighted by molar-refractivity contribution is 7.91. The normalized spacial score (nSPS) is 20.7. The van der Waals surface area contributed by atoms with Crippen molar-refractivity contribution < 1.29 is 13.2 Å². The number of hydrogen-bond donors (Lipinski definition) is 0. The van der Waals surface area contributed by atoms with E-state index < -0.39 is 15.1 Å². The second-order valence-electron chi connectivity index (χ2n) is 6.07. The molecule has 0 spiro atoms. The monoisotopic (exact) mass is 383 g/mol. The molecule has 1 aliphatic rings. The van der Waals surface area contributed by atoms with Gasteiger partial charge in [-0.15, -0.1) is 22.7 Å². The maximum absolute atomic E-state index is 12.5. The number of carbonyl (C=O) groups is 1. The van der Waals surface area contributed by atoms with Crippen LogP contribution in [0.25, 0.3) is 0 Å². The van der Waals surface area contributed by atoms with Crippen molar-refractivity contribution in [3.63, 3.8) is 0 Å². The molecule has 2 aromatic rings. The Labute approximate surface area is 151 Å². The van der Waals surface area contributed by atoms with E-state index in [0.717, 1.165) is 11.3 Å². The van der Waals surface area contributed by atoms with Crippen LogP contribution in [-0.2, 0) is 21.1 Å². The average Bonchev–Trinajstić information content (AvgIpc) is 3.17. The fourth-order valence-electron chi connectivity index (χ4n) is 3.03. The SMILES string of the molecule is Cc1ccsc1CCC(=O)N1CCC(c2cccs2)S(=O)(=O)CC1. The lowest BCUT2D eigenvalue weighted by Crippen LogP contribution is -2.33. The molecule has 130 valence electrons. The number of nitrogens with zero attached hydrogens (tertiary/aromatic N) is 1. The lowest BCUT2D eigenvalue weighted by Gasteiger charge is -2.19. The molecular weight excluding hydrogens is 362 g/mol. The summed E-state index contributed by atoms with van der Waals surface area (Å²) in [6, 6.07) is 5.82. The Morgan fingerprint density at radius 1 is 1.25 bits per heavy atom. The average molecular weight is 384 g/mol. The van der Waals surface area contributed by atoms with Gasteiger partial charge in [-0.05, 0) is 48.2 Å². The number of hydrogen-bond acceptors (Lipinski definition) is 5. The molecule has 2 aromatic heterocycles. The summed E-state index contributed by atoms with van der Waals surface area (Å²) >= 11 is 3.15. The highest BCUT2D eigenvalue weighted by Gasteiger charge is 2.33. The quantitative estimate of drug-likeness (QED) is 0.813. The van der Waals surface area contributed by atoms with Crippen molar-refractivity contribution in [2.75, 3.05) is 18.8 Å². The first-order valence-electron chi connectivity index (χ1n) is 8.03. The van der Waals surface area contributed by atoms with Gasteiger partial charge in [0.05, 0.1) is 11.0 Å². The van der Waals surface area contributed by atoms with E-state index in [0.29, 0.717) is 25.9 Å². The predicted molar refractivity (Wildman–Crippen MR) is 99.4 cm³/mol. The molecule has 1 amide bonds. The first kappa shape index (κ1) is 17.6. The molecule has 1 fully saturated rings. The summed E-state index contributed by atoms with van der Waals surface area (Å²) in [5.74, 6) is 0.115. The second kappa shape index (κ2) is 7.37. The van der Waals surface area contributed by atoms with Crippen molar-refractivity contribution in [2.45, 2.75) is 31.4 Å². The maximum Gasteiger partial charge on any atom is 0.222 e. The van der Waals surface area contributed by atoms with Crippen LogP contribution >= 0.6 is 22.7 Å². The summed E-state index contributed by atoms with van der Waals surface area (Å²) in [4.78, 5) is 16.4. The summed E-state index contributed by atoms with van der Waals surface area (Å²) in [7, 11) is -3.20. The summed E-state index contributed by atoms with van der Waals surface area (Å²) in [6.07, 6.45) is 1.68. The van der Waals surface area contributed by atoms with Crippen molar-refractivity contribution >= 4 is 38.4 Å². The molecule has 1 atom stereocenters. The molecule has 0 radical (unpaired) electrons. The lowest BCUT2D eigenvalue weighted by atomic mass is 10.1. The number of amides is 1. The fourth-order valence-corrected chi connectivity index (χ4v) is 6.94. The highest BCUT2D eigenvalue weighted by Crippen LogP contribution is 2.32. The van der Waals surface area contributed by atoms with E-state index >= 15 is 0 Å². The van der Waals surface area contributed by atoms with Gasteiger partial charge < -0.3 is 4.90 Å². The Hall–Kier alpha value is -1.18. The van der Waals surface area contributed by atoms with E-state index in [1.807, 2.05) is 22.9 Å². The van der Waals surface area contributed by atoms with E-state index in [1.165, 1.54) is 21.8 Å². The molecule has 24 heavy (non-hydrogen) atoms. The molecule has 4 nitrogen and oxygen atoms in total. The van der Waals surface area contributed by atoms with E-state index in [-0.39, 0.29) is 11.7 Å². The van der Waals surface area contributed by atoms with Crippen LogP contribution in [0.2, 0.25) is 0 Å². The number of rotatable bonds is 4. The van der Waals surface area contributed by atoms with Crippen LogP contribution in [0.1, 0.15) is 33.4 Å². The van der Waals surface area contributed by atoms with Crippen LogP contribution in [0.3, 0.4) is 0 Å². The minimum atomic E-state index is -3.20. The van der Waals surface area contributed by atoms with Gasteiger partial charge in [0.25, 0.3) is 0 Å². The molecule has 3 rings (SSSR count). The van der Waals surface area contributed by atoms with Gasteiger partial charge in [-0.2, -0.15) is 0 Å². The van der Waals surface area contributed by atoms with Crippen molar-refractivity contribution in [3.05, 3.63) is 44.3 Å². The zero-order valence-corrected chi connectivity index (χ0v) is 16.1. The Bertz CT molecular complexity index is 793. The minimum Gasteiger partial charge on any atom is -0.342 e. The Morgan fingerprint density at radius 2 is 2.08 bits per heavy atom. The number of aryl methyl sites for hydroxylation is 2. The lowest BCUT2D eigenvalue weighted by molar-refractivity contribution is -0.130.